The second kappa shape index (κ2) is 9.13. The lowest BCUT2D eigenvalue weighted by atomic mass is 10.1. The van der Waals surface area contributed by atoms with Crippen LogP contribution >= 0.6 is 11.6 Å². The van der Waals surface area contributed by atoms with Gasteiger partial charge in [0, 0.05) is 17.6 Å². The minimum Gasteiger partial charge on any atom is -0.403 e. The Morgan fingerprint density at radius 1 is 1.20 bits per heavy atom. The van der Waals surface area contributed by atoms with Crippen molar-refractivity contribution in [3.8, 4) is 11.5 Å². The Labute approximate surface area is 203 Å². The Morgan fingerprint density at radius 3 is 2.54 bits per heavy atom. The molecule has 0 radical (unpaired) electrons. The number of carbonyl (C=O) groups is 1. The Hall–Kier alpha value is -3.16. The molecular weight excluding hydrogens is 511 g/mol. The lowest BCUT2D eigenvalue weighted by Crippen LogP contribution is -2.45. The number of amides is 1. The Morgan fingerprint density at radius 2 is 1.89 bits per heavy atom. The Balaban J connectivity index is 1.76. The fraction of sp³-hybridized carbons (Fsp3) is 0.286. The van der Waals surface area contributed by atoms with E-state index in [4.69, 9.17) is 21.8 Å². The summed E-state index contributed by atoms with van der Waals surface area (Å²) in [6.07, 6.45) is -4.48. The van der Waals surface area contributed by atoms with Gasteiger partial charge in [-0.1, -0.05) is 28.8 Å². The summed E-state index contributed by atoms with van der Waals surface area (Å²) in [7, 11) is -2.79. The number of alkyl halides is 3. The normalized spacial score (nSPS) is 17.7. The van der Waals surface area contributed by atoms with Gasteiger partial charge in [-0.25, -0.2) is 8.42 Å². The largest absolute Gasteiger partial charge is 0.406 e. The predicted octanol–water partition coefficient (Wildman–Crippen LogP) is 3.04. The molecule has 0 unspecified atom stereocenters. The van der Waals surface area contributed by atoms with Crippen molar-refractivity contribution in [3.05, 3.63) is 53.1 Å². The lowest BCUT2D eigenvalue weighted by Gasteiger charge is -2.24. The number of halogens is 4. The molecule has 3 aromatic rings. The summed E-state index contributed by atoms with van der Waals surface area (Å²) in [4.78, 5) is 14.9. The van der Waals surface area contributed by atoms with Crippen LogP contribution in [0, 0.1) is 0 Å². The highest BCUT2D eigenvalue weighted by molar-refractivity contribution is 7.91. The van der Waals surface area contributed by atoms with Gasteiger partial charge in [-0.3, -0.25) is 4.79 Å². The van der Waals surface area contributed by atoms with Crippen molar-refractivity contribution in [3.63, 3.8) is 0 Å². The van der Waals surface area contributed by atoms with Crippen LogP contribution in [0.5, 0.6) is 0 Å². The highest BCUT2D eigenvalue weighted by Crippen LogP contribution is 2.35. The van der Waals surface area contributed by atoms with Gasteiger partial charge in [0.2, 0.25) is 11.8 Å². The highest BCUT2D eigenvalue weighted by atomic mass is 35.5. The van der Waals surface area contributed by atoms with E-state index < -0.39 is 40.3 Å². The van der Waals surface area contributed by atoms with E-state index in [2.05, 4.69) is 10.2 Å². The van der Waals surface area contributed by atoms with E-state index in [1.54, 1.807) is 24.3 Å². The molecule has 0 fully saturated rings. The van der Waals surface area contributed by atoms with Crippen LogP contribution < -0.4 is 15.5 Å². The van der Waals surface area contributed by atoms with Gasteiger partial charge < -0.3 is 20.0 Å². The zero-order chi connectivity index (χ0) is 25.5. The SMILES string of the molecule is CN(CC(F)(F)F)c1nnc(-c2ccc3c(c2)N(Cc2ccc(Cl)cc2)C(=O)[C@@H](N)CS3(=O)=O)o1. The van der Waals surface area contributed by atoms with Crippen LogP contribution in [-0.4, -0.2) is 56.1 Å². The van der Waals surface area contributed by atoms with Gasteiger partial charge in [-0.15, -0.1) is 5.10 Å². The molecule has 2 N–H and O–H groups in total. The second-order valence-corrected chi connectivity index (χ2v) is 10.4. The van der Waals surface area contributed by atoms with Crippen LogP contribution in [0.4, 0.5) is 24.9 Å². The molecule has 2 heterocycles. The average Bonchev–Trinajstić information content (AvgIpc) is 3.25. The number of nitrogens with two attached hydrogens (primary N) is 1. The van der Waals surface area contributed by atoms with Gasteiger partial charge in [0.25, 0.3) is 0 Å². The summed E-state index contributed by atoms with van der Waals surface area (Å²) in [5.41, 5.74) is 6.83. The van der Waals surface area contributed by atoms with Crippen LogP contribution in [0.1, 0.15) is 5.56 Å². The summed E-state index contributed by atoms with van der Waals surface area (Å²) < 4.78 is 69.3. The zero-order valence-corrected chi connectivity index (χ0v) is 19.7. The number of fused-ring (bicyclic) bond motifs is 1. The molecule has 186 valence electrons. The van der Waals surface area contributed by atoms with Crippen molar-refractivity contribution in [1.82, 2.24) is 10.2 Å². The summed E-state index contributed by atoms with van der Waals surface area (Å²) in [5, 5.41) is 7.90. The zero-order valence-electron chi connectivity index (χ0n) is 18.2. The number of hydrogen-bond donors (Lipinski definition) is 1. The molecule has 35 heavy (non-hydrogen) atoms. The standard InChI is InChI=1S/C21H19ClF3N5O4S/c1-29(11-21(23,24)25)20-28-27-18(34-20)13-4-7-17-16(8-13)30(9-12-2-5-14(22)6-3-12)19(31)15(26)10-35(17,32)33/h2-8,15H,9-11,26H2,1H3/t15-/m0/s1. The smallest absolute Gasteiger partial charge is 0.403 e. The quantitative estimate of drug-likeness (QED) is 0.535. The number of benzene rings is 2. The van der Waals surface area contributed by atoms with E-state index in [0.717, 1.165) is 11.9 Å². The van der Waals surface area contributed by atoms with Gasteiger partial charge in [-0.05, 0) is 35.9 Å². The lowest BCUT2D eigenvalue weighted by molar-refractivity contribution is -0.120. The van der Waals surface area contributed by atoms with Gasteiger partial charge in [0.1, 0.15) is 6.54 Å². The minimum atomic E-state index is -4.48. The Kier molecular flexibility index (Phi) is 6.51. The molecule has 0 spiro atoms. The molecular formula is C21H19ClF3N5O4S. The van der Waals surface area contributed by atoms with Gasteiger partial charge >= 0.3 is 12.2 Å². The minimum absolute atomic E-state index is 0.000913. The third kappa shape index (κ3) is 5.41. The van der Waals surface area contributed by atoms with Crippen molar-refractivity contribution in [2.24, 2.45) is 5.73 Å². The van der Waals surface area contributed by atoms with Crippen LogP contribution in [0.3, 0.4) is 0 Å². The first kappa shape index (κ1) is 24.9. The molecule has 1 atom stereocenters. The topological polar surface area (TPSA) is 123 Å². The molecule has 1 aromatic heterocycles. The number of nitrogens with zero attached hydrogens (tertiary/aromatic N) is 4. The number of carbonyl (C=O) groups excluding carboxylic acids is 1. The molecule has 0 saturated heterocycles. The number of aromatic nitrogens is 2. The fourth-order valence-electron chi connectivity index (χ4n) is 3.60. The number of anilines is 2. The molecule has 1 amide bonds. The van der Waals surface area contributed by atoms with Gasteiger partial charge in [0.05, 0.1) is 28.9 Å². The van der Waals surface area contributed by atoms with Crippen molar-refractivity contribution >= 4 is 39.0 Å². The van der Waals surface area contributed by atoms with Crippen molar-refractivity contribution in [2.45, 2.75) is 23.7 Å². The highest BCUT2D eigenvalue weighted by Gasteiger charge is 2.37. The third-order valence-corrected chi connectivity index (χ3v) is 7.29. The summed E-state index contributed by atoms with van der Waals surface area (Å²) in [6.45, 7) is -1.31. The van der Waals surface area contributed by atoms with Crippen molar-refractivity contribution in [1.29, 1.82) is 0 Å². The van der Waals surface area contributed by atoms with E-state index in [1.165, 1.54) is 23.1 Å². The van der Waals surface area contributed by atoms with E-state index in [9.17, 15) is 26.4 Å². The summed E-state index contributed by atoms with van der Waals surface area (Å²) in [6, 6.07) is 8.97. The molecule has 2 aromatic carbocycles. The van der Waals surface area contributed by atoms with Crippen LogP contribution in [0.2, 0.25) is 5.02 Å². The first-order valence-electron chi connectivity index (χ1n) is 10.1. The average molecular weight is 530 g/mol. The van der Waals surface area contributed by atoms with Crippen molar-refractivity contribution < 1.29 is 30.8 Å². The van der Waals surface area contributed by atoms with E-state index in [-0.39, 0.29) is 34.6 Å². The monoisotopic (exact) mass is 529 g/mol. The molecule has 4 rings (SSSR count). The maximum Gasteiger partial charge on any atom is 0.406 e. The van der Waals surface area contributed by atoms with Crippen molar-refractivity contribution in [2.75, 3.05) is 29.1 Å². The second-order valence-electron chi connectivity index (χ2n) is 7.98. The van der Waals surface area contributed by atoms with Crippen LogP contribution in [-0.2, 0) is 21.2 Å². The van der Waals surface area contributed by atoms with Crippen LogP contribution in [0.15, 0.2) is 51.8 Å². The third-order valence-electron chi connectivity index (χ3n) is 5.23. The summed E-state index contributed by atoms with van der Waals surface area (Å²) in [5.74, 6) is -1.35. The maximum atomic E-state index is 13.1. The number of hydrogen-bond acceptors (Lipinski definition) is 8. The Bertz CT molecular complexity index is 1360. The molecule has 1 aliphatic heterocycles. The molecule has 0 saturated carbocycles. The molecule has 0 aliphatic carbocycles. The van der Waals surface area contributed by atoms with Gasteiger partial charge in [0.15, 0.2) is 9.84 Å². The van der Waals surface area contributed by atoms with E-state index in [0.29, 0.717) is 10.6 Å². The number of rotatable bonds is 5. The molecule has 14 heteroatoms. The first-order valence-corrected chi connectivity index (χ1v) is 12.2. The van der Waals surface area contributed by atoms with E-state index in [1.807, 2.05) is 0 Å². The van der Waals surface area contributed by atoms with E-state index >= 15 is 0 Å². The summed E-state index contributed by atoms with van der Waals surface area (Å²) >= 11 is 5.93. The molecule has 9 nitrogen and oxygen atoms in total. The first-order chi connectivity index (χ1) is 16.3. The predicted molar refractivity (Wildman–Crippen MR) is 122 cm³/mol. The van der Waals surface area contributed by atoms with Crippen LogP contribution in [0.25, 0.3) is 11.5 Å². The fourth-order valence-corrected chi connectivity index (χ4v) is 5.28. The van der Waals surface area contributed by atoms with Gasteiger partial charge in [-0.2, -0.15) is 13.2 Å². The molecule has 0 bridgehead atoms. The maximum absolute atomic E-state index is 13.1. The number of sulfone groups is 1. The molecule has 1 aliphatic rings.